The molecule has 1 aromatic carbocycles. The van der Waals surface area contributed by atoms with E-state index in [0.717, 1.165) is 12.1 Å². The summed E-state index contributed by atoms with van der Waals surface area (Å²) in [6.07, 6.45) is -5.94. The Morgan fingerprint density at radius 1 is 1.25 bits per heavy atom. The van der Waals surface area contributed by atoms with Crippen LogP contribution in [0.5, 0.6) is 5.75 Å². The number of aliphatic hydroxyl groups is 2. The highest BCUT2D eigenvalue weighted by atomic mass is 19.4. The first-order chi connectivity index (χ1) is 9.25. The average molecular weight is 292 g/mol. The minimum absolute atomic E-state index is 0.166. The van der Waals surface area contributed by atoms with E-state index in [2.05, 4.69) is 0 Å². The molecule has 0 aliphatic carbocycles. The van der Waals surface area contributed by atoms with Crippen LogP contribution in [0.4, 0.5) is 13.2 Å². The lowest BCUT2D eigenvalue weighted by molar-refractivity contribution is -0.137. The summed E-state index contributed by atoms with van der Waals surface area (Å²) >= 11 is 0. The first kappa shape index (κ1) is 16.8. The van der Waals surface area contributed by atoms with Gasteiger partial charge in [-0.1, -0.05) is 0 Å². The predicted octanol–water partition coefficient (Wildman–Crippen LogP) is 2.78. The SMILES string of the molecule is CCOc1ccc(C(F)(F)F)cc1CCC(O)C(C)O. The molecule has 2 unspecified atom stereocenters. The molecule has 1 rings (SSSR count). The molecule has 0 aromatic heterocycles. The summed E-state index contributed by atoms with van der Waals surface area (Å²) in [5, 5.41) is 18.7. The molecule has 20 heavy (non-hydrogen) atoms. The Bertz CT molecular complexity index is 430. The third-order valence-corrected chi connectivity index (χ3v) is 2.95. The minimum Gasteiger partial charge on any atom is -0.494 e. The zero-order valence-corrected chi connectivity index (χ0v) is 11.4. The standard InChI is InChI=1S/C14H19F3O3/c1-3-20-13-7-5-11(14(15,16)17)8-10(13)4-6-12(19)9(2)18/h5,7-9,12,18-19H,3-4,6H2,1-2H3. The van der Waals surface area contributed by atoms with Crippen molar-refractivity contribution in [2.75, 3.05) is 6.61 Å². The van der Waals surface area contributed by atoms with Gasteiger partial charge in [0.25, 0.3) is 0 Å². The molecule has 0 aliphatic heterocycles. The molecule has 0 aliphatic rings. The van der Waals surface area contributed by atoms with E-state index in [1.807, 2.05) is 0 Å². The Labute approximate surface area is 116 Å². The van der Waals surface area contributed by atoms with Crippen molar-refractivity contribution in [3.8, 4) is 5.75 Å². The van der Waals surface area contributed by atoms with Crippen LogP contribution in [-0.2, 0) is 12.6 Å². The van der Waals surface area contributed by atoms with Gasteiger partial charge < -0.3 is 14.9 Å². The summed E-state index contributed by atoms with van der Waals surface area (Å²) in [4.78, 5) is 0. The topological polar surface area (TPSA) is 49.7 Å². The molecule has 0 amide bonds. The van der Waals surface area contributed by atoms with E-state index in [4.69, 9.17) is 4.74 Å². The van der Waals surface area contributed by atoms with E-state index in [1.54, 1.807) is 6.92 Å². The van der Waals surface area contributed by atoms with E-state index in [1.165, 1.54) is 13.0 Å². The summed E-state index contributed by atoms with van der Waals surface area (Å²) in [5.74, 6) is 0.373. The zero-order chi connectivity index (χ0) is 15.3. The molecular formula is C14H19F3O3. The molecule has 2 atom stereocenters. The van der Waals surface area contributed by atoms with E-state index in [0.29, 0.717) is 17.9 Å². The Morgan fingerprint density at radius 3 is 2.40 bits per heavy atom. The van der Waals surface area contributed by atoms with E-state index >= 15 is 0 Å². The van der Waals surface area contributed by atoms with Gasteiger partial charge in [-0.15, -0.1) is 0 Å². The fraction of sp³-hybridized carbons (Fsp3) is 0.571. The number of alkyl halides is 3. The highest BCUT2D eigenvalue weighted by Gasteiger charge is 2.31. The molecule has 0 fully saturated rings. The molecule has 3 nitrogen and oxygen atoms in total. The fourth-order valence-electron chi connectivity index (χ4n) is 1.79. The van der Waals surface area contributed by atoms with Gasteiger partial charge in [0.2, 0.25) is 0 Å². The monoisotopic (exact) mass is 292 g/mol. The zero-order valence-electron chi connectivity index (χ0n) is 11.4. The summed E-state index contributed by atoms with van der Waals surface area (Å²) in [5.41, 5.74) is -0.371. The summed E-state index contributed by atoms with van der Waals surface area (Å²) < 4.78 is 43.3. The van der Waals surface area contributed by atoms with Crippen molar-refractivity contribution >= 4 is 0 Å². The fourth-order valence-corrected chi connectivity index (χ4v) is 1.79. The number of aryl methyl sites for hydroxylation is 1. The van der Waals surface area contributed by atoms with Gasteiger partial charge in [0.15, 0.2) is 0 Å². The van der Waals surface area contributed by atoms with Crippen molar-refractivity contribution in [1.82, 2.24) is 0 Å². The van der Waals surface area contributed by atoms with E-state index < -0.39 is 23.9 Å². The molecule has 0 spiro atoms. The maximum absolute atomic E-state index is 12.7. The highest BCUT2D eigenvalue weighted by molar-refractivity contribution is 5.38. The van der Waals surface area contributed by atoms with Crippen molar-refractivity contribution < 1.29 is 28.1 Å². The average Bonchev–Trinajstić information content (AvgIpc) is 2.36. The summed E-state index contributed by atoms with van der Waals surface area (Å²) in [6, 6.07) is 3.29. The molecule has 0 heterocycles. The van der Waals surface area contributed by atoms with Crippen LogP contribution in [0.25, 0.3) is 0 Å². The molecular weight excluding hydrogens is 273 g/mol. The van der Waals surface area contributed by atoms with Gasteiger partial charge in [0.1, 0.15) is 5.75 Å². The Balaban J connectivity index is 2.94. The number of benzene rings is 1. The molecule has 0 radical (unpaired) electrons. The van der Waals surface area contributed by atoms with Crippen LogP contribution >= 0.6 is 0 Å². The number of ether oxygens (including phenoxy) is 1. The maximum Gasteiger partial charge on any atom is 0.416 e. The molecule has 1 aromatic rings. The van der Waals surface area contributed by atoms with Crippen molar-refractivity contribution in [2.24, 2.45) is 0 Å². The Hall–Kier alpha value is -1.27. The molecule has 114 valence electrons. The Kier molecular flexibility index (Phi) is 5.83. The molecule has 0 saturated heterocycles. The number of hydrogen-bond donors (Lipinski definition) is 2. The normalized spacial score (nSPS) is 14.9. The van der Waals surface area contributed by atoms with E-state index in [-0.39, 0.29) is 12.8 Å². The summed E-state index contributed by atoms with van der Waals surface area (Å²) in [6.45, 7) is 3.52. The van der Waals surface area contributed by atoms with Crippen LogP contribution in [0.2, 0.25) is 0 Å². The van der Waals surface area contributed by atoms with Crippen molar-refractivity contribution in [3.63, 3.8) is 0 Å². The van der Waals surface area contributed by atoms with Gasteiger partial charge in [-0.25, -0.2) is 0 Å². The molecule has 0 saturated carbocycles. The molecule has 6 heteroatoms. The lowest BCUT2D eigenvalue weighted by Crippen LogP contribution is -2.23. The van der Waals surface area contributed by atoms with Gasteiger partial charge >= 0.3 is 6.18 Å². The lowest BCUT2D eigenvalue weighted by Gasteiger charge is -2.16. The van der Waals surface area contributed by atoms with Gasteiger partial charge in [0.05, 0.1) is 24.4 Å². The van der Waals surface area contributed by atoms with Gasteiger partial charge in [0, 0.05) is 0 Å². The van der Waals surface area contributed by atoms with Gasteiger partial charge in [-0.2, -0.15) is 13.2 Å². The first-order valence-corrected chi connectivity index (χ1v) is 6.44. The third-order valence-electron chi connectivity index (χ3n) is 2.95. The van der Waals surface area contributed by atoms with Gasteiger partial charge in [-0.05, 0) is 50.5 Å². The van der Waals surface area contributed by atoms with Crippen LogP contribution in [-0.4, -0.2) is 29.0 Å². The second kappa shape index (κ2) is 6.95. The van der Waals surface area contributed by atoms with E-state index in [9.17, 15) is 23.4 Å². The Morgan fingerprint density at radius 2 is 1.90 bits per heavy atom. The maximum atomic E-state index is 12.7. The first-order valence-electron chi connectivity index (χ1n) is 6.44. The third kappa shape index (κ3) is 4.68. The van der Waals surface area contributed by atoms with Gasteiger partial charge in [-0.3, -0.25) is 0 Å². The van der Waals surface area contributed by atoms with Crippen molar-refractivity contribution in [2.45, 2.75) is 45.1 Å². The molecule has 0 bridgehead atoms. The molecule has 2 N–H and O–H groups in total. The lowest BCUT2D eigenvalue weighted by atomic mass is 10.0. The number of hydrogen-bond acceptors (Lipinski definition) is 3. The summed E-state index contributed by atoms with van der Waals surface area (Å²) in [7, 11) is 0. The largest absolute Gasteiger partial charge is 0.494 e. The number of aliphatic hydroxyl groups excluding tert-OH is 2. The van der Waals surface area contributed by atoms with Crippen molar-refractivity contribution in [1.29, 1.82) is 0 Å². The predicted molar refractivity (Wildman–Crippen MR) is 68.6 cm³/mol. The van der Waals surface area contributed by atoms with Crippen molar-refractivity contribution in [3.05, 3.63) is 29.3 Å². The number of halogens is 3. The number of rotatable bonds is 6. The smallest absolute Gasteiger partial charge is 0.416 e. The minimum atomic E-state index is -4.41. The van der Waals surface area contributed by atoms with Crippen LogP contribution in [0, 0.1) is 0 Å². The van der Waals surface area contributed by atoms with Crippen LogP contribution in [0.15, 0.2) is 18.2 Å². The second-order valence-corrected chi connectivity index (χ2v) is 4.60. The van der Waals surface area contributed by atoms with Crippen LogP contribution < -0.4 is 4.74 Å². The second-order valence-electron chi connectivity index (χ2n) is 4.60. The quantitative estimate of drug-likeness (QED) is 0.847. The highest BCUT2D eigenvalue weighted by Crippen LogP contribution is 2.33. The van der Waals surface area contributed by atoms with Crippen LogP contribution in [0.1, 0.15) is 31.4 Å². The van der Waals surface area contributed by atoms with Crippen LogP contribution in [0.3, 0.4) is 0 Å².